The first-order valence-corrected chi connectivity index (χ1v) is 7.18. The number of hydrogen-bond acceptors (Lipinski definition) is 1. The van der Waals surface area contributed by atoms with E-state index >= 15 is 0 Å². The zero-order valence-corrected chi connectivity index (χ0v) is 12.8. The van der Waals surface area contributed by atoms with Crippen molar-refractivity contribution in [3.8, 4) is 0 Å². The summed E-state index contributed by atoms with van der Waals surface area (Å²) in [6, 6.07) is 11.6. The summed E-state index contributed by atoms with van der Waals surface area (Å²) in [5.74, 6) is 0. The van der Waals surface area contributed by atoms with Crippen LogP contribution < -0.4 is 5.32 Å². The van der Waals surface area contributed by atoms with Crippen LogP contribution in [-0.4, -0.2) is 4.98 Å². The van der Waals surface area contributed by atoms with E-state index in [-0.39, 0.29) is 0 Å². The van der Waals surface area contributed by atoms with Gasteiger partial charge in [-0.1, -0.05) is 45.2 Å². The highest BCUT2D eigenvalue weighted by molar-refractivity contribution is 9.10. The number of nitrogens with one attached hydrogen (secondary N) is 2. The van der Waals surface area contributed by atoms with Crippen molar-refractivity contribution in [3.05, 3.63) is 57.1 Å². The van der Waals surface area contributed by atoms with Crippen LogP contribution in [-0.2, 0) is 0 Å². The van der Waals surface area contributed by atoms with Crippen molar-refractivity contribution < 1.29 is 0 Å². The number of H-pyrrole nitrogens is 1. The van der Waals surface area contributed by atoms with E-state index in [1.165, 1.54) is 0 Å². The minimum Gasteiger partial charge on any atom is -0.359 e. The summed E-state index contributed by atoms with van der Waals surface area (Å²) in [7, 11) is 0. The summed E-state index contributed by atoms with van der Waals surface area (Å²) in [4.78, 5) is 3.21. The minimum atomic E-state index is 0.522. The number of benzene rings is 2. The second kappa shape index (κ2) is 5.08. The Balaban J connectivity index is 2.06. The van der Waals surface area contributed by atoms with E-state index in [1.807, 2.05) is 36.5 Å². The maximum absolute atomic E-state index is 6.18. The van der Waals surface area contributed by atoms with Gasteiger partial charge in [0.1, 0.15) is 0 Å². The third-order valence-electron chi connectivity index (χ3n) is 2.86. The van der Waals surface area contributed by atoms with Crippen LogP contribution in [0.15, 0.2) is 47.1 Å². The summed E-state index contributed by atoms with van der Waals surface area (Å²) in [5.41, 5.74) is 2.80. The normalized spacial score (nSPS) is 10.9. The fraction of sp³-hybridized carbons (Fsp3) is 0. The number of halogens is 3. The standard InChI is InChI=1S/C14H9BrCl2N2/c15-8-4-5-11-9(6-8)13(7-18-11)19-12-3-1-2-10(16)14(12)17/h1-7,18-19H. The van der Waals surface area contributed by atoms with Crippen LogP contribution in [0.2, 0.25) is 10.0 Å². The zero-order chi connectivity index (χ0) is 13.4. The van der Waals surface area contributed by atoms with Gasteiger partial charge in [0.05, 0.1) is 21.4 Å². The summed E-state index contributed by atoms with van der Waals surface area (Å²) < 4.78 is 1.03. The van der Waals surface area contributed by atoms with Gasteiger partial charge in [-0.25, -0.2) is 0 Å². The van der Waals surface area contributed by atoms with E-state index in [2.05, 4.69) is 26.2 Å². The van der Waals surface area contributed by atoms with Crippen LogP contribution in [0.1, 0.15) is 0 Å². The van der Waals surface area contributed by atoms with Gasteiger partial charge in [0.15, 0.2) is 0 Å². The number of aromatic nitrogens is 1. The molecule has 0 aliphatic carbocycles. The molecule has 96 valence electrons. The number of aromatic amines is 1. The molecule has 2 aromatic carbocycles. The Kier molecular flexibility index (Phi) is 3.44. The summed E-state index contributed by atoms with van der Waals surface area (Å²) in [6.45, 7) is 0. The molecule has 0 saturated carbocycles. The van der Waals surface area contributed by atoms with Gasteiger partial charge in [0, 0.05) is 21.6 Å². The Labute approximate surface area is 128 Å². The lowest BCUT2D eigenvalue weighted by Gasteiger charge is -2.08. The third kappa shape index (κ3) is 2.46. The van der Waals surface area contributed by atoms with Crippen molar-refractivity contribution in [3.63, 3.8) is 0 Å². The van der Waals surface area contributed by atoms with Gasteiger partial charge in [0.2, 0.25) is 0 Å². The largest absolute Gasteiger partial charge is 0.359 e. The SMILES string of the molecule is Clc1cccc(Nc2c[nH]c3ccc(Br)cc23)c1Cl. The number of rotatable bonds is 2. The topological polar surface area (TPSA) is 27.8 Å². The Morgan fingerprint density at radius 1 is 1.05 bits per heavy atom. The zero-order valence-electron chi connectivity index (χ0n) is 9.68. The lowest BCUT2D eigenvalue weighted by molar-refractivity contribution is 1.46. The van der Waals surface area contributed by atoms with E-state index in [0.29, 0.717) is 10.0 Å². The highest BCUT2D eigenvalue weighted by atomic mass is 79.9. The summed E-state index contributed by atoms with van der Waals surface area (Å²) in [5, 5.41) is 5.44. The quantitative estimate of drug-likeness (QED) is 0.581. The van der Waals surface area contributed by atoms with Crippen molar-refractivity contribution in [2.75, 3.05) is 5.32 Å². The molecule has 0 amide bonds. The second-order valence-corrected chi connectivity index (χ2v) is 5.82. The molecule has 0 aliphatic heterocycles. The molecule has 0 atom stereocenters. The fourth-order valence-corrected chi connectivity index (χ4v) is 2.65. The number of fused-ring (bicyclic) bond motifs is 1. The van der Waals surface area contributed by atoms with Gasteiger partial charge < -0.3 is 10.3 Å². The molecular weight excluding hydrogens is 347 g/mol. The van der Waals surface area contributed by atoms with Crippen molar-refractivity contribution >= 4 is 61.4 Å². The predicted octanol–water partition coefficient (Wildman–Crippen LogP) is 5.98. The Morgan fingerprint density at radius 3 is 2.74 bits per heavy atom. The Bertz CT molecular complexity index is 752. The van der Waals surface area contributed by atoms with Gasteiger partial charge in [-0.05, 0) is 30.3 Å². The van der Waals surface area contributed by atoms with Crippen molar-refractivity contribution in [1.29, 1.82) is 0 Å². The molecule has 3 aromatic rings. The monoisotopic (exact) mass is 354 g/mol. The van der Waals surface area contributed by atoms with Crippen molar-refractivity contribution in [1.82, 2.24) is 4.98 Å². The first-order chi connectivity index (χ1) is 9.15. The van der Waals surface area contributed by atoms with Gasteiger partial charge in [0.25, 0.3) is 0 Å². The molecule has 0 fully saturated rings. The highest BCUT2D eigenvalue weighted by Crippen LogP contribution is 2.34. The molecule has 2 N–H and O–H groups in total. The summed E-state index contributed by atoms with van der Waals surface area (Å²) >= 11 is 15.7. The van der Waals surface area contributed by atoms with E-state index in [4.69, 9.17) is 23.2 Å². The van der Waals surface area contributed by atoms with Crippen LogP contribution in [0.25, 0.3) is 10.9 Å². The molecule has 5 heteroatoms. The molecule has 0 saturated heterocycles. The first-order valence-electron chi connectivity index (χ1n) is 5.63. The van der Waals surface area contributed by atoms with Gasteiger partial charge in [-0.3, -0.25) is 0 Å². The molecule has 0 spiro atoms. The van der Waals surface area contributed by atoms with E-state index < -0.39 is 0 Å². The van der Waals surface area contributed by atoms with Gasteiger partial charge >= 0.3 is 0 Å². The molecule has 0 unspecified atom stereocenters. The second-order valence-electron chi connectivity index (χ2n) is 4.12. The molecule has 0 radical (unpaired) electrons. The van der Waals surface area contributed by atoms with Crippen LogP contribution in [0.5, 0.6) is 0 Å². The summed E-state index contributed by atoms with van der Waals surface area (Å²) in [6.07, 6.45) is 1.91. The average Bonchev–Trinajstić information content (AvgIpc) is 2.78. The van der Waals surface area contributed by atoms with Gasteiger partial charge in [-0.15, -0.1) is 0 Å². The molecule has 3 rings (SSSR count). The maximum atomic E-state index is 6.18. The molecule has 1 heterocycles. The molecule has 1 aromatic heterocycles. The van der Waals surface area contributed by atoms with Crippen LogP contribution in [0.4, 0.5) is 11.4 Å². The first kappa shape index (κ1) is 12.9. The molecule has 0 bridgehead atoms. The minimum absolute atomic E-state index is 0.522. The number of hydrogen-bond donors (Lipinski definition) is 2. The lowest BCUT2D eigenvalue weighted by Crippen LogP contribution is -1.90. The molecule has 19 heavy (non-hydrogen) atoms. The van der Waals surface area contributed by atoms with E-state index in [9.17, 15) is 0 Å². The van der Waals surface area contributed by atoms with Crippen LogP contribution in [0, 0.1) is 0 Å². The highest BCUT2D eigenvalue weighted by Gasteiger charge is 2.08. The van der Waals surface area contributed by atoms with E-state index in [1.54, 1.807) is 6.07 Å². The average molecular weight is 356 g/mol. The van der Waals surface area contributed by atoms with Crippen LogP contribution in [0.3, 0.4) is 0 Å². The van der Waals surface area contributed by atoms with Crippen molar-refractivity contribution in [2.24, 2.45) is 0 Å². The number of anilines is 2. The molecule has 2 nitrogen and oxygen atoms in total. The molecule has 0 aliphatic rings. The third-order valence-corrected chi connectivity index (χ3v) is 4.18. The lowest BCUT2D eigenvalue weighted by atomic mass is 10.2. The van der Waals surface area contributed by atoms with Gasteiger partial charge in [-0.2, -0.15) is 0 Å². The van der Waals surface area contributed by atoms with E-state index in [0.717, 1.165) is 26.8 Å². The van der Waals surface area contributed by atoms with Crippen molar-refractivity contribution in [2.45, 2.75) is 0 Å². The Hall–Kier alpha value is -1.16. The predicted molar refractivity (Wildman–Crippen MR) is 85.7 cm³/mol. The Morgan fingerprint density at radius 2 is 1.89 bits per heavy atom. The molecular formula is C14H9BrCl2N2. The fourth-order valence-electron chi connectivity index (χ4n) is 1.94. The van der Waals surface area contributed by atoms with Crippen LogP contribution >= 0.6 is 39.1 Å². The smallest absolute Gasteiger partial charge is 0.0827 e. The maximum Gasteiger partial charge on any atom is 0.0827 e.